The lowest BCUT2D eigenvalue weighted by atomic mass is 10.3. The normalized spacial score (nSPS) is 15.2. The summed E-state index contributed by atoms with van der Waals surface area (Å²) >= 11 is 0. The number of nitrogens with one attached hydrogen (secondary N) is 1. The van der Waals surface area contributed by atoms with Crippen molar-refractivity contribution in [1.82, 2.24) is 39.4 Å². The van der Waals surface area contributed by atoms with Crippen molar-refractivity contribution in [3.05, 3.63) is 60.8 Å². The van der Waals surface area contributed by atoms with Gasteiger partial charge in [0.15, 0.2) is 5.82 Å². The second kappa shape index (κ2) is 11.0. The Morgan fingerprint density at radius 3 is 2.61 bits per heavy atom. The van der Waals surface area contributed by atoms with E-state index in [1.54, 1.807) is 43.3 Å². The van der Waals surface area contributed by atoms with E-state index in [9.17, 15) is 13.6 Å². The Bertz CT molecular complexity index is 1300. The van der Waals surface area contributed by atoms with Crippen LogP contribution in [0.5, 0.6) is 0 Å². The van der Waals surface area contributed by atoms with Crippen LogP contribution in [0.25, 0.3) is 17.2 Å². The molecule has 4 aromatic heterocycles. The number of nitrogens with zero attached hydrogens (tertiary/aromatic N) is 8. The number of likely N-dealkylation sites (N-methyl/N-ethyl adjacent to an activating group) is 1. The Balaban J connectivity index is 0.000000325. The largest absolute Gasteiger partial charge is 0.383 e. The van der Waals surface area contributed by atoms with E-state index in [4.69, 9.17) is 5.11 Å². The number of aryl methyl sites for hydroxylation is 1. The monoisotopic (exact) mass is 497 g/mol. The molecule has 1 atom stereocenters. The molecule has 5 heterocycles. The molecule has 0 bridgehead atoms. The Hall–Kier alpha value is -4.26. The second-order valence-electron chi connectivity index (χ2n) is 8.03. The SMILES string of the molecule is CN1CCC(O)C1=O.Cc1nn(CC(F)F)cc1Nc1nccc(-n2ccc(-c3ccccn3)n2)n1. The van der Waals surface area contributed by atoms with Gasteiger partial charge in [-0.05, 0) is 31.5 Å². The van der Waals surface area contributed by atoms with Crippen molar-refractivity contribution in [2.45, 2.75) is 32.4 Å². The van der Waals surface area contributed by atoms with Crippen molar-refractivity contribution >= 4 is 17.5 Å². The summed E-state index contributed by atoms with van der Waals surface area (Å²) in [6, 6.07) is 9.17. The third kappa shape index (κ3) is 6.05. The highest BCUT2D eigenvalue weighted by Gasteiger charge is 2.26. The summed E-state index contributed by atoms with van der Waals surface area (Å²) < 4.78 is 27.9. The number of aliphatic hydroxyl groups excluding tert-OH is 1. The number of carbonyl (C=O) groups excluding carboxylic acids is 1. The van der Waals surface area contributed by atoms with Gasteiger partial charge in [0.2, 0.25) is 5.95 Å². The fraction of sp³-hybridized carbons (Fsp3) is 0.304. The van der Waals surface area contributed by atoms with Crippen LogP contribution < -0.4 is 5.32 Å². The standard InChI is InChI=1S/C18H16F2N8.C5H9NO2/c1-12-15(10-27(25-12)11-16(19)20)23-18-22-8-5-17(24-18)28-9-6-14(26-28)13-4-2-3-7-21-13;1-6-3-2-4(7)5(6)8/h2-10,16H,11H2,1H3,(H,22,23,24);4,7H,2-3H2,1H3. The first-order valence-corrected chi connectivity index (χ1v) is 11.1. The van der Waals surface area contributed by atoms with Gasteiger partial charge in [0.25, 0.3) is 12.3 Å². The Kier molecular flexibility index (Phi) is 7.59. The van der Waals surface area contributed by atoms with Gasteiger partial charge in [0.05, 0.1) is 17.1 Å². The topological polar surface area (TPSA) is 127 Å². The molecule has 13 heteroatoms. The molecule has 0 aromatic carbocycles. The molecule has 5 rings (SSSR count). The first-order chi connectivity index (χ1) is 17.3. The van der Waals surface area contributed by atoms with Crippen LogP contribution in [-0.2, 0) is 11.3 Å². The highest BCUT2D eigenvalue weighted by atomic mass is 19.3. The zero-order chi connectivity index (χ0) is 25.7. The fourth-order valence-electron chi connectivity index (χ4n) is 3.44. The molecule has 1 aliphatic heterocycles. The predicted octanol–water partition coefficient (Wildman–Crippen LogP) is 2.45. The number of carbonyl (C=O) groups is 1. The van der Waals surface area contributed by atoms with E-state index in [0.717, 1.165) is 11.4 Å². The molecule has 1 unspecified atom stereocenters. The number of hydrogen-bond donors (Lipinski definition) is 2. The summed E-state index contributed by atoms with van der Waals surface area (Å²) in [6.07, 6.45) is 3.98. The van der Waals surface area contributed by atoms with Gasteiger partial charge in [0, 0.05) is 44.4 Å². The lowest BCUT2D eigenvalue weighted by molar-refractivity contribution is -0.133. The molecule has 0 aliphatic carbocycles. The summed E-state index contributed by atoms with van der Waals surface area (Å²) in [5, 5.41) is 20.3. The molecule has 2 N–H and O–H groups in total. The van der Waals surface area contributed by atoms with Gasteiger partial charge in [-0.15, -0.1) is 0 Å². The number of aromatic nitrogens is 7. The summed E-state index contributed by atoms with van der Waals surface area (Å²) in [6.45, 7) is 1.95. The van der Waals surface area contributed by atoms with Gasteiger partial charge in [-0.2, -0.15) is 15.2 Å². The summed E-state index contributed by atoms with van der Waals surface area (Å²) in [5.74, 6) is 0.717. The van der Waals surface area contributed by atoms with Gasteiger partial charge in [-0.3, -0.25) is 14.5 Å². The van der Waals surface area contributed by atoms with Crippen molar-refractivity contribution in [2.75, 3.05) is 18.9 Å². The van der Waals surface area contributed by atoms with Crippen molar-refractivity contribution in [1.29, 1.82) is 0 Å². The minimum Gasteiger partial charge on any atom is -0.383 e. The van der Waals surface area contributed by atoms with E-state index >= 15 is 0 Å². The average molecular weight is 498 g/mol. The van der Waals surface area contributed by atoms with E-state index in [1.165, 1.54) is 15.8 Å². The van der Waals surface area contributed by atoms with Crippen LogP contribution in [0.1, 0.15) is 12.1 Å². The number of alkyl halides is 2. The number of halogens is 2. The third-order valence-electron chi connectivity index (χ3n) is 5.31. The van der Waals surface area contributed by atoms with Crippen molar-refractivity contribution < 1.29 is 18.7 Å². The molecule has 188 valence electrons. The van der Waals surface area contributed by atoms with E-state index in [-0.39, 0.29) is 5.91 Å². The highest BCUT2D eigenvalue weighted by Crippen LogP contribution is 2.19. The Labute approximate surface area is 205 Å². The van der Waals surface area contributed by atoms with Crippen LogP contribution >= 0.6 is 0 Å². The Morgan fingerprint density at radius 1 is 1.14 bits per heavy atom. The zero-order valence-electron chi connectivity index (χ0n) is 19.7. The Morgan fingerprint density at radius 2 is 1.97 bits per heavy atom. The molecular weight excluding hydrogens is 472 g/mol. The molecule has 1 fully saturated rings. The zero-order valence-corrected chi connectivity index (χ0v) is 19.7. The van der Waals surface area contributed by atoms with Gasteiger partial charge in [-0.25, -0.2) is 18.4 Å². The van der Waals surface area contributed by atoms with Crippen LogP contribution in [-0.4, -0.2) is 76.5 Å². The number of amides is 1. The first-order valence-electron chi connectivity index (χ1n) is 11.1. The molecule has 36 heavy (non-hydrogen) atoms. The molecule has 1 aliphatic rings. The van der Waals surface area contributed by atoms with Crippen molar-refractivity contribution in [3.63, 3.8) is 0 Å². The number of anilines is 2. The van der Waals surface area contributed by atoms with Crippen LogP contribution in [0, 0.1) is 6.92 Å². The summed E-state index contributed by atoms with van der Waals surface area (Å²) in [4.78, 5) is 25.0. The summed E-state index contributed by atoms with van der Waals surface area (Å²) in [7, 11) is 1.69. The highest BCUT2D eigenvalue weighted by molar-refractivity contribution is 5.82. The van der Waals surface area contributed by atoms with Crippen LogP contribution in [0.2, 0.25) is 0 Å². The van der Waals surface area contributed by atoms with Crippen molar-refractivity contribution in [2.24, 2.45) is 0 Å². The molecule has 4 aromatic rings. The number of likely N-dealkylation sites (tertiary alicyclic amines) is 1. The minimum absolute atomic E-state index is 0.148. The van der Waals surface area contributed by atoms with E-state index in [0.29, 0.717) is 36.1 Å². The maximum atomic E-state index is 12.5. The molecule has 1 saturated heterocycles. The quantitative estimate of drug-likeness (QED) is 0.416. The molecule has 0 spiro atoms. The number of rotatable bonds is 6. The molecule has 11 nitrogen and oxygen atoms in total. The fourth-order valence-corrected chi connectivity index (χ4v) is 3.44. The van der Waals surface area contributed by atoms with Crippen LogP contribution in [0.3, 0.4) is 0 Å². The number of pyridine rings is 1. The molecule has 1 amide bonds. The van der Waals surface area contributed by atoms with E-state index < -0.39 is 19.1 Å². The minimum atomic E-state index is -2.47. The van der Waals surface area contributed by atoms with Crippen molar-refractivity contribution in [3.8, 4) is 17.2 Å². The third-order valence-corrected chi connectivity index (χ3v) is 5.31. The van der Waals surface area contributed by atoms with Gasteiger partial charge >= 0.3 is 0 Å². The van der Waals surface area contributed by atoms with Crippen LogP contribution in [0.4, 0.5) is 20.4 Å². The number of hydrogen-bond acceptors (Lipinski definition) is 8. The maximum Gasteiger partial charge on any atom is 0.257 e. The van der Waals surface area contributed by atoms with E-state index in [1.807, 2.05) is 24.3 Å². The van der Waals surface area contributed by atoms with Crippen LogP contribution in [0.15, 0.2) is 55.1 Å². The molecule has 0 radical (unpaired) electrons. The average Bonchev–Trinajstić information content (AvgIpc) is 3.56. The van der Waals surface area contributed by atoms with E-state index in [2.05, 4.69) is 30.5 Å². The van der Waals surface area contributed by atoms with Gasteiger partial charge < -0.3 is 15.3 Å². The van der Waals surface area contributed by atoms with Gasteiger partial charge in [0.1, 0.15) is 18.3 Å². The maximum absolute atomic E-state index is 12.5. The first kappa shape index (κ1) is 24.9. The lowest BCUT2D eigenvalue weighted by Gasteiger charge is -2.05. The second-order valence-corrected chi connectivity index (χ2v) is 8.03. The lowest BCUT2D eigenvalue weighted by Crippen LogP contribution is -2.24. The number of aliphatic hydroxyl groups is 1. The van der Waals surface area contributed by atoms with Gasteiger partial charge in [-0.1, -0.05) is 6.07 Å². The molecule has 0 saturated carbocycles. The smallest absolute Gasteiger partial charge is 0.257 e. The summed E-state index contributed by atoms with van der Waals surface area (Å²) in [5.41, 5.74) is 2.62. The molecular formula is C23H25F2N9O2. The predicted molar refractivity (Wildman–Crippen MR) is 127 cm³/mol.